The molecular formula is C21H24N4O2. The molecule has 2 unspecified atom stereocenters. The number of piperidine rings is 1. The molecule has 3 heterocycles. The first-order valence-corrected chi connectivity index (χ1v) is 9.53. The number of rotatable bonds is 5. The second kappa shape index (κ2) is 7.88. The Hall–Kier alpha value is -2.73. The van der Waals surface area contributed by atoms with Crippen molar-refractivity contribution in [2.45, 2.75) is 44.2 Å². The molecule has 6 nitrogen and oxygen atoms in total. The average molecular weight is 364 g/mol. The third kappa shape index (κ3) is 4.52. The SMILES string of the molecule is O=C(CC1CC2CCC(C1)N2)Nc1cccc(NC(=O)c2ccncc2)c1. The van der Waals surface area contributed by atoms with Crippen LogP contribution in [0.15, 0.2) is 48.8 Å². The van der Waals surface area contributed by atoms with Crippen LogP contribution in [-0.2, 0) is 4.79 Å². The summed E-state index contributed by atoms with van der Waals surface area (Å²) in [4.78, 5) is 28.6. The van der Waals surface area contributed by atoms with E-state index in [1.54, 1.807) is 36.7 Å². The van der Waals surface area contributed by atoms with Crippen molar-refractivity contribution >= 4 is 23.2 Å². The van der Waals surface area contributed by atoms with E-state index in [0.717, 1.165) is 12.8 Å². The maximum Gasteiger partial charge on any atom is 0.255 e. The van der Waals surface area contributed by atoms with Gasteiger partial charge in [0.05, 0.1) is 0 Å². The van der Waals surface area contributed by atoms with Crippen LogP contribution in [-0.4, -0.2) is 28.9 Å². The summed E-state index contributed by atoms with van der Waals surface area (Å²) >= 11 is 0. The molecule has 140 valence electrons. The lowest BCUT2D eigenvalue weighted by atomic mass is 9.89. The highest BCUT2D eigenvalue weighted by Crippen LogP contribution is 2.32. The first-order chi connectivity index (χ1) is 13.2. The van der Waals surface area contributed by atoms with Gasteiger partial charge in [0.15, 0.2) is 0 Å². The minimum atomic E-state index is -0.203. The molecule has 0 saturated carbocycles. The van der Waals surface area contributed by atoms with Crippen molar-refractivity contribution in [2.75, 3.05) is 10.6 Å². The average Bonchev–Trinajstić information content (AvgIpc) is 3.01. The molecule has 3 N–H and O–H groups in total. The highest BCUT2D eigenvalue weighted by molar-refractivity contribution is 6.04. The molecule has 0 spiro atoms. The van der Waals surface area contributed by atoms with Crippen LogP contribution in [0.5, 0.6) is 0 Å². The fraction of sp³-hybridized carbons (Fsp3) is 0.381. The Balaban J connectivity index is 1.33. The number of fused-ring (bicyclic) bond motifs is 2. The van der Waals surface area contributed by atoms with Crippen LogP contribution in [0.1, 0.15) is 42.5 Å². The summed E-state index contributed by atoms with van der Waals surface area (Å²) in [5, 5.41) is 9.43. The van der Waals surface area contributed by atoms with Gasteiger partial charge in [0.25, 0.3) is 5.91 Å². The minimum Gasteiger partial charge on any atom is -0.326 e. The number of anilines is 2. The third-order valence-corrected chi connectivity index (χ3v) is 5.39. The molecule has 2 aliphatic rings. The molecule has 2 fully saturated rings. The van der Waals surface area contributed by atoms with Gasteiger partial charge in [0, 0.05) is 47.8 Å². The van der Waals surface area contributed by atoms with E-state index in [1.807, 2.05) is 12.1 Å². The van der Waals surface area contributed by atoms with E-state index < -0.39 is 0 Å². The lowest BCUT2D eigenvalue weighted by molar-refractivity contribution is -0.117. The van der Waals surface area contributed by atoms with Gasteiger partial charge in [-0.15, -0.1) is 0 Å². The molecule has 2 bridgehead atoms. The summed E-state index contributed by atoms with van der Waals surface area (Å²) in [6.45, 7) is 0. The smallest absolute Gasteiger partial charge is 0.255 e. The van der Waals surface area contributed by atoms with Crippen LogP contribution in [0.3, 0.4) is 0 Å². The lowest BCUT2D eigenvalue weighted by Gasteiger charge is -2.28. The number of nitrogens with one attached hydrogen (secondary N) is 3. The molecule has 0 aliphatic carbocycles. The molecule has 2 aromatic rings. The van der Waals surface area contributed by atoms with E-state index in [-0.39, 0.29) is 11.8 Å². The van der Waals surface area contributed by atoms with Crippen LogP contribution in [0.2, 0.25) is 0 Å². The molecule has 0 radical (unpaired) electrons. The van der Waals surface area contributed by atoms with Crippen molar-refractivity contribution in [3.05, 3.63) is 54.4 Å². The highest BCUT2D eigenvalue weighted by Gasteiger charge is 2.34. The summed E-state index contributed by atoms with van der Waals surface area (Å²) in [6.07, 6.45) is 8.38. The lowest BCUT2D eigenvalue weighted by Crippen LogP contribution is -2.39. The Morgan fingerprint density at radius 3 is 2.37 bits per heavy atom. The van der Waals surface area contributed by atoms with Crippen LogP contribution < -0.4 is 16.0 Å². The Morgan fingerprint density at radius 1 is 1.00 bits per heavy atom. The van der Waals surface area contributed by atoms with Crippen molar-refractivity contribution < 1.29 is 9.59 Å². The summed E-state index contributed by atoms with van der Waals surface area (Å²) in [7, 11) is 0. The number of carbonyl (C=O) groups is 2. The molecule has 4 rings (SSSR count). The number of pyridine rings is 1. The van der Waals surface area contributed by atoms with Gasteiger partial charge in [-0.05, 0) is 61.9 Å². The predicted molar refractivity (Wildman–Crippen MR) is 105 cm³/mol. The normalized spacial score (nSPS) is 23.6. The summed E-state index contributed by atoms with van der Waals surface area (Å²) in [5.74, 6) is 0.295. The van der Waals surface area contributed by atoms with Crippen molar-refractivity contribution in [3.8, 4) is 0 Å². The van der Waals surface area contributed by atoms with Crippen LogP contribution >= 0.6 is 0 Å². The van der Waals surface area contributed by atoms with Gasteiger partial charge in [-0.25, -0.2) is 0 Å². The zero-order valence-electron chi connectivity index (χ0n) is 15.2. The van der Waals surface area contributed by atoms with Gasteiger partial charge in [-0.2, -0.15) is 0 Å². The maximum atomic E-state index is 12.4. The van der Waals surface area contributed by atoms with Crippen molar-refractivity contribution in [1.82, 2.24) is 10.3 Å². The molecule has 27 heavy (non-hydrogen) atoms. The van der Waals surface area contributed by atoms with Gasteiger partial charge < -0.3 is 16.0 Å². The Bertz CT molecular complexity index is 812. The first kappa shape index (κ1) is 17.7. The molecule has 2 aliphatic heterocycles. The Kier molecular flexibility index (Phi) is 5.16. The second-order valence-corrected chi connectivity index (χ2v) is 7.50. The van der Waals surface area contributed by atoms with Gasteiger partial charge in [0.1, 0.15) is 0 Å². The molecule has 2 amide bonds. The van der Waals surface area contributed by atoms with Gasteiger partial charge in [-0.3, -0.25) is 14.6 Å². The van der Waals surface area contributed by atoms with E-state index in [0.29, 0.717) is 41.4 Å². The number of aromatic nitrogens is 1. The fourth-order valence-electron chi connectivity index (χ4n) is 4.20. The number of hydrogen-bond donors (Lipinski definition) is 3. The minimum absolute atomic E-state index is 0.0407. The van der Waals surface area contributed by atoms with Crippen LogP contribution in [0.4, 0.5) is 11.4 Å². The summed E-state index contributed by atoms with van der Waals surface area (Å²) in [6, 6.07) is 11.7. The van der Waals surface area contributed by atoms with E-state index in [9.17, 15) is 9.59 Å². The molecule has 2 saturated heterocycles. The quantitative estimate of drug-likeness (QED) is 0.761. The topological polar surface area (TPSA) is 83.1 Å². The van der Waals surface area contributed by atoms with Crippen LogP contribution in [0, 0.1) is 5.92 Å². The highest BCUT2D eigenvalue weighted by atomic mass is 16.2. The van der Waals surface area contributed by atoms with Crippen LogP contribution in [0.25, 0.3) is 0 Å². The molecular weight excluding hydrogens is 340 g/mol. The van der Waals surface area contributed by atoms with E-state index in [2.05, 4.69) is 20.9 Å². The predicted octanol–water partition coefficient (Wildman–Crippen LogP) is 3.19. The zero-order valence-corrected chi connectivity index (χ0v) is 15.2. The van der Waals surface area contributed by atoms with E-state index >= 15 is 0 Å². The number of amides is 2. The van der Waals surface area contributed by atoms with Crippen molar-refractivity contribution in [3.63, 3.8) is 0 Å². The largest absolute Gasteiger partial charge is 0.326 e. The standard InChI is InChI=1S/C21H24N4O2/c26-20(12-14-10-18-4-5-19(11-14)23-18)24-16-2-1-3-17(13-16)25-21(27)15-6-8-22-9-7-15/h1-3,6-9,13-14,18-19,23H,4-5,10-12H2,(H,24,26)(H,25,27). The van der Waals surface area contributed by atoms with E-state index in [4.69, 9.17) is 0 Å². The summed E-state index contributed by atoms with van der Waals surface area (Å²) in [5.41, 5.74) is 1.89. The number of carbonyl (C=O) groups excluding carboxylic acids is 2. The number of benzene rings is 1. The van der Waals surface area contributed by atoms with Crippen molar-refractivity contribution in [1.29, 1.82) is 0 Å². The fourth-order valence-corrected chi connectivity index (χ4v) is 4.20. The molecule has 2 atom stereocenters. The van der Waals surface area contributed by atoms with Crippen molar-refractivity contribution in [2.24, 2.45) is 5.92 Å². The third-order valence-electron chi connectivity index (χ3n) is 5.39. The Labute approximate surface area is 158 Å². The van der Waals surface area contributed by atoms with Gasteiger partial charge in [0.2, 0.25) is 5.91 Å². The molecule has 1 aromatic carbocycles. The molecule has 6 heteroatoms. The zero-order chi connectivity index (χ0) is 18.6. The summed E-state index contributed by atoms with van der Waals surface area (Å²) < 4.78 is 0. The molecule has 1 aromatic heterocycles. The van der Waals surface area contributed by atoms with Gasteiger partial charge in [-0.1, -0.05) is 6.07 Å². The maximum absolute atomic E-state index is 12.4. The van der Waals surface area contributed by atoms with Gasteiger partial charge >= 0.3 is 0 Å². The number of hydrogen-bond acceptors (Lipinski definition) is 4. The second-order valence-electron chi connectivity index (χ2n) is 7.50. The monoisotopic (exact) mass is 364 g/mol. The first-order valence-electron chi connectivity index (χ1n) is 9.53. The van der Waals surface area contributed by atoms with E-state index in [1.165, 1.54) is 12.8 Å². The number of nitrogens with zero attached hydrogens (tertiary/aromatic N) is 1. The Morgan fingerprint density at radius 2 is 1.67 bits per heavy atom.